The number of allylic oxidation sites excluding steroid dienone is 1. The van der Waals surface area contributed by atoms with E-state index < -0.39 is 0 Å². The monoisotopic (exact) mass is 212 g/mol. The zero-order valence-corrected chi connectivity index (χ0v) is 9.73. The van der Waals surface area contributed by atoms with Gasteiger partial charge < -0.3 is 9.47 Å². The van der Waals surface area contributed by atoms with Gasteiger partial charge in [0, 0.05) is 19.8 Å². The molecule has 0 spiro atoms. The third-order valence-electron chi connectivity index (χ3n) is 2.51. The molecule has 1 fully saturated rings. The number of hydrogen-bond acceptors (Lipinski definition) is 3. The summed E-state index contributed by atoms with van der Waals surface area (Å²) in [6.45, 7) is 5.48. The standard InChI is InChI=1S/C12H20O3/c1-4-5-6-11-8-12(15-10(3)13)7-9(2)14-11/h4-5,9,11-12H,6-8H2,1-3H3/b5-4-/t9-,11+,12+/m0/s1. The Kier molecular flexibility index (Phi) is 4.82. The summed E-state index contributed by atoms with van der Waals surface area (Å²) in [4.78, 5) is 10.9. The molecule has 0 aromatic heterocycles. The summed E-state index contributed by atoms with van der Waals surface area (Å²) in [5.41, 5.74) is 0. The Hall–Kier alpha value is -0.830. The molecule has 1 saturated heterocycles. The van der Waals surface area contributed by atoms with Gasteiger partial charge in [0.2, 0.25) is 0 Å². The topological polar surface area (TPSA) is 35.5 Å². The van der Waals surface area contributed by atoms with Crippen molar-refractivity contribution in [2.24, 2.45) is 0 Å². The van der Waals surface area contributed by atoms with Crippen molar-refractivity contribution in [1.29, 1.82) is 0 Å². The lowest BCUT2D eigenvalue weighted by Crippen LogP contribution is -2.36. The second kappa shape index (κ2) is 5.91. The van der Waals surface area contributed by atoms with Crippen molar-refractivity contribution in [3.8, 4) is 0 Å². The van der Waals surface area contributed by atoms with Crippen LogP contribution in [0.1, 0.15) is 40.0 Å². The summed E-state index contributed by atoms with van der Waals surface area (Å²) in [6.07, 6.45) is 7.03. The van der Waals surface area contributed by atoms with Gasteiger partial charge in [-0.25, -0.2) is 0 Å². The Morgan fingerprint density at radius 3 is 2.87 bits per heavy atom. The molecule has 0 N–H and O–H groups in total. The van der Waals surface area contributed by atoms with E-state index in [4.69, 9.17) is 9.47 Å². The fourth-order valence-corrected chi connectivity index (χ4v) is 1.97. The maximum atomic E-state index is 10.9. The van der Waals surface area contributed by atoms with Crippen molar-refractivity contribution < 1.29 is 14.3 Å². The second-order valence-electron chi connectivity index (χ2n) is 4.08. The first-order valence-electron chi connectivity index (χ1n) is 5.55. The molecule has 1 heterocycles. The fraction of sp³-hybridized carbons (Fsp3) is 0.750. The van der Waals surface area contributed by atoms with Gasteiger partial charge in [0.15, 0.2) is 0 Å². The minimum atomic E-state index is -0.195. The van der Waals surface area contributed by atoms with Crippen molar-refractivity contribution in [3.05, 3.63) is 12.2 Å². The third-order valence-corrected chi connectivity index (χ3v) is 2.51. The van der Waals surface area contributed by atoms with Crippen LogP contribution in [0.2, 0.25) is 0 Å². The van der Waals surface area contributed by atoms with E-state index in [0.29, 0.717) is 0 Å². The highest BCUT2D eigenvalue weighted by molar-refractivity contribution is 5.66. The van der Waals surface area contributed by atoms with Crippen LogP contribution >= 0.6 is 0 Å². The predicted octanol–water partition coefficient (Wildman–Crippen LogP) is 2.45. The van der Waals surface area contributed by atoms with Gasteiger partial charge in [0.1, 0.15) is 6.10 Å². The number of esters is 1. The van der Waals surface area contributed by atoms with Crippen LogP contribution in [0.3, 0.4) is 0 Å². The quantitative estimate of drug-likeness (QED) is 0.532. The molecule has 0 amide bonds. The molecule has 86 valence electrons. The molecule has 3 atom stereocenters. The highest BCUT2D eigenvalue weighted by Gasteiger charge is 2.28. The van der Waals surface area contributed by atoms with E-state index in [-0.39, 0.29) is 24.3 Å². The molecule has 0 unspecified atom stereocenters. The first-order chi connectivity index (χ1) is 7.11. The smallest absolute Gasteiger partial charge is 0.302 e. The van der Waals surface area contributed by atoms with Gasteiger partial charge in [-0.2, -0.15) is 0 Å². The third kappa shape index (κ3) is 4.47. The van der Waals surface area contributed by atoms with Crippen LogP contribution in [0, 0.1) is 0 Å². The Morgan fingerprint density at radius 2 is 2.27 bits per heavy atom. The van der Waals surface area contributed by atoms with Gasteiger partial charge in [-0.15, -0.1) is 0 Å². The zero-order valence-electron chi connectivity index (χ0n) is 9.73. The van der Waals surface area contributed by atoms with Crippen molar-refractivity contribution in [1.82, 2.24) is 0 Å². The van der Waals surface area contributed by atoms with E-state index >= 15 is 0 Å². The minimum Gasteiger partial charge on any atom is -0.462 e. The maximum absolute atomic E-state index is 10.9. The molecular weight excluding hydrogens is 192 g/mol. The molecule has 0 aromatic rings. The summed E-state index contributed by atoms with van der Waals surface area (Å²) >= 11 is 0. The number of hydrogen-bond donors (Lipinski definition) is 0. The molecule has 3 nitrogen and oxygen atoms in total. The molecule has 1 rings (SSSR count). The number of carbonyl (C=O) groups excluding carboxylic acids is 1. The van der Waals surface area contributed by atoms with E-state index in [1.165, 1.54) is 6.92 Å². The molecular formula is C12H20O3. The predicted molar refractivity (Wildman–Crippen MR) is 58.6 cm³/mol. The summed E-state index contributed by atoms with van der Waals surface area (Å²) in [5, 5.41) is 0. The highest BCUT2D eigenvalue weighted by atomic mass is 16.6. The first-order valence-corrected chi connectivity index (χ1v) is 5.55. The summed E-state index contributed by atoms with van der Waals surface area (Å²) in [5.74, 6) is -0.195. The van der Waals surface area contributed by atoms with E-state index in [9.17, 15) is 4.79 Å². The van der Waals surface area contributed by atoms with Crippen molar-refractivity contribution in [2.45, 2.75) is 58.3 Å². The molecule has 1 aliphatic rings. The Balaban J connectivity index is 2.44. The van der Waals surface area contributed by atoms with Gasteiger partial charge in [-0.05, 0) is 20.3 Å². The van der Waals surface area contributed by atoms with Crippen LogP contribution in [0.25, 0.3) is 0 Å². The molecule has 0 saturated carbocycles. The molecule has 1 aliphatic heterocycles. The van der Waals surface area contributed by atoms with Crippen LogP contribution in [0.5, 0.6) is 0 Å². The number of ether oxygens (including phenoxy) is 2. The lowest BCUT2D eigenvalue weighted by Gasteiger charge is -2.32. The minimum absolute atomic E-state index is 0.0292. The van der Waals surface area contributed by atoms with E-state index in [0.717, 1.165) is 19.3 Å². The zero-order chi connectivity index (χ0) is 11.3. The summed E-state index contributed by atoms with van der Waals surface area (Å²) in [6, 6.07) is 0. The molecule has 15 heavy (non-hydrogen) atoms. The molecule has 0 aliphatic carbocycles. The SMILES string of the molecule is C/C=C\C[C@@H]1C[C@H](OC(C)=O)C[C@H](C)O1. The molecule has 0 bridgehead atoms. The Morgan fingerprint density at radius 1 is 1.53 bits per heavy atom. The summed E-state index contributed by atoms with van der Waals surface area (Å²) < 4.78 is 11.0. The van der Waals surface area contributed by atoms with Crippen LogP contribution in [0.4, 0.5) is 0 Å². The summed E-state index contributed by atoms with van der Waals surface area (Å²) in [7, 11) is 0. The van der Waals surface area contributed by atoms with Crippen LogP contribution in [0.15, 0.2) is 12.2 Å². The number of carbonyl (C=O) groups is 1. The van der Waals surface area contributed by atoms with Crippen molar-refractivity contribution >= 4 is 5.97 Å². The van der Waals surface area contributed by atoms with Crippen LogP contribution < -0.4 is 0 Å². The van der Waals surface area contributed by atoms with Crippen molar-refractivity contribution in [2.75, 3.05) is 0 Å². The molecule has 0 radical (unpaired) electrons. The average molecular weight is 212 g/mol. The van der Waals surface area contributed by atoms with E-state index in [2.05, 4.69) is 6.08 Å². The van der Waals surface area contributed by atoms with Gasteiger partial charge >= 0.3 is 5.97 Å². The van der Waals surface area contributed by atoms with Gasteiger partial charge in [0.25, 0.3) is 0 Å². The molecule has 0 aromatic carbocycles. The normalized spacial score (nSPS) is 31.8. The van der Waals surface area contributed by atoms with Crippen LogP contribution in [-0.2, 0) is 14.3 Å². The van der Waals surface area contributed by atoms with E-state index in [1.807, 2.05) is 19.9 Å². The molecule has 3 heteroatoms. The van der Waals surface area contributed by atoms with Crippen molar-refractivity contribution in [3.63, 3.8) is 0 Å². The lowest BCUT2D eigenvalue weighted by molar-refractivity contribution is -0.157. The second-order valence-corrected chi connectivity index (χ2v) is 4.08. The first kappa shape index (κ1) is 12.2. The lowest BCUT2D eigenvalue weighted by atomic mass is 9.99. The van der Waals surface area contributed by atoms with E-state index in [1.54, 1.807) is 0 Å². The largest absolute Gasteiger partial charge is 0.462 e. The highest BCUT2D eigenvalue weighted by Crippen LogP contribution is 2.24. The average Bonchev–Trinajstić information content (AvgIpc) is 2.12. The number of rotatable bonds is 3. The Labute approximate surface area is 91.4 Å². The fourth-order valence-electron chi connectivity index (χ4n) is 1.97. The van der Waals surface area contributed by atoms with Gasteiger partial charge in [-0.1, -0.05) is 12.2 Å². The Bertz CT molecular complexity index is 235. The van der Waals surface area contributed by atoms with Gasteiger partial charge in [0.05, 0.1) is 12.2 Å². The maximum Gasteiger partial charge on any atom is 0.302 e. The van der Waals surface area contributed by atoms with Gasteiger partial charge in [-0.3, -0.25) is 4.79 Å². The van der Waals surface area contributed by atoms with Crippen LogP contribution in [-0.4, -0.2) is 24.3 Å².